The Bertz CT molecular complexity index is 448. The van der Waals surface area contributed by atoms with Crippen LogP contribution in [0.2, 0.25) is 0 Å². The molecule has 1 aliphatic heterocycles. The molecule has 0 radical (unpaired) electrons. The number of aliphatic imine (C=N–C) groups is 1. The molecule has 1 saturated heterocycles. The third-order valence-corrected chi connectivity index (χ3v) is 3.59. The Labute approximate surface area is 138 Å². The van der Waals surface area contributed by atoms with E-state index in [9.17, 15) is 4.39 Å². The molecule has 19 heavy (non-hydrogen) atoms. The van der Waals surface area contributed by atoms with Gasteiger partial charge in [-0.3, -0.25) is 0 Å². The number of nitrogens with zero attached hydrogens (tertiary/aromatic N) is 2. The first-order chi connectivity index (χ1) is 8.66. The lowest BCUT2D eigenvalue weighted by molar-refractivity contribution is 0.338. The van der Waals surface area contributed by atoms with E-state index in [4.69, 9.17) is 5.73 Å². The first-order valence-electron chi connectivity index (χ1n) is 6.15. The predicted molar refractivity (Wildman–Crippen MR) is 90.3 cm³/mol. The van der Waals surface area contributed by atoms with Crippen LogP contribution in [0, 0.1) is 5.82 Å². The normalized spacial score (nSPS) is 16.1. The Morgan fingerprint density at radius 2 is 2.00 bits per heavy atom. The number of hydrogen-bond acceptors (Lipinski definition) is 1. The van der Waals surface area contributed by atoms with Crippen molar-refractivity contribution in [2.75, 3.05) is 13.1 Å². The molecule has 1 aliphatic rings. The van der Waals surface area contributed by atoms with E-state index in [1.807, 2.05) is 0 Å². The molecule has 1 aromatic rings. The molecule has 1 fully saturated rings. The highest BCUT2D eigenvalue weighted by Crippen LogP contribution is 2.16. The fraction of sp³-hybridized carbons (Fsp3) is 0.462. The van der Waals surface area contributed by atoms with Crippen LogP contribution in [0.15, 0.2) is 27.7 Å². The summed E-state index contributed by atoms with van der Waals surface area (Å²) in [6.45, 7) is 2.19. The fourth-order valence-corrected chi connectivity index (χ4v) is 2.46. The third-order valence-electron chi connectivity index (χ3n) is 3.10. The maximum absolute atomic E-state index is 13.5. The van der Waals surface area contributed by atoms with Crippen molar-refractivity contribution in [2.24, 2.45) is 10.7 Å². The van der Waals surface area contributed by atoms with Crippen LogP contribution < -0.4 is 5.73 Å². The van der Waals surface area contributed by atoms with E-state index >= 15 is 0 Å². The molecule has 0 spiro atoms. The molecule has 0 aromatic heterocycles. The molecule has 106 valence electrons. The zero-order valence-electron chi connectivity index (χ0n) is 10.6. The van der Waals surface area contributed by atoms with Gasteiger partial charge in [-0.25, -0.2) is 9.38 Å². The van der Waals surface area contributed by atoms with E-state index in [1.165, 1.54) is 12.5 Å². The van der Waals surface area contributed by atoms with Gasteiger partial charge >= 0.3 is 0 Å². The molecule has 1 aromatic carbocycles. The highest BCUT2D eigenvalue weighted by molar-refractivity contribution is 14.0. The second kappa shape index (κ2) is 8.04. The summed E-state index contributed by atoms with van der Waals surface area (Å²) in [4.78, 5) is 6.35. The molecule has 6 heteroatoms. The van der Waals surface area contributed by atoms with Crippen molar-refractivity contribution >= 4 is 45.9 Å². The molecule has 1 heterocycles. The summed E-state index contributed by atoms with van der Waals surface area (Å²) < 4.78 is 14.4. The lowest BCUT2D eigenvalue weighted by Gasteiger charge is -2.27. The summed E-state index contributed by atoms with van der Waals surface area (Å²) >= 11 is 3.32. The van der Waals surface area contributed by atoms with Gasteiger partial charge in [-0.05, 0) is 37.5 Å². The van der Waals surface area contributed by atoms with E-state index in [0.29, 0.717) is 11.5 Å². The predicted octanol–water partition coefficient (Wildman–Crippen LogP) is 3.51. The molecular weight excluding hydrogens is 424 g/mol. The number of nitrogens with two attached hydrogens (primary N) is 1. The monoisotopic (exact) mass is 441 g/mol. The second-order valence-corrected chi connectivity index (χ2v) is 5.37. The van der Waals surface area contributed by atoms with E-state index in [2.05, 4.69) is 25.8 Å². The summed E-state index contributed by atoms with van der Waals surface area (Å²) in [5.74, 6) is 0.280. The SMILES string of the molecule is I.NC(=NCc1cc(Br)ccc1F)N1CCCCC1. The van der Waals surface area contributed by atoms with Gasteiger partial charge in [0.15, 0.2) is 5.96 Å². The van der Waals surface area contributed by atoms with E-state index in [-0.39, 0.29) is 36.3 Å². The minimum Gasteiger partial charge on any atom is -0.370 e. The van der Waals surface area contributed by atoms with Gasteiger partial charge in [-0.15, -0.1) is 24.0 Å². The van der Waals surface area contributed by atoms with Crippen LogP contribution in [-0.4, -0.2) is 23.9 Å². The van der Waals surface area contributed by atoms with Crippen LogP contribution in [0.1, 0.15) is 24.8 Å². The number of rotatable bonds is 2. The van der Waals surface area contributed by atoms with Gasteiger partial charge in [0.1, 0.15) is 5.82 Å². The number of halogens is 3. The molecule has 0 atom stereocenters. The number of piperidine rings is 1. The Balaban J connectivity index is 0.00000180. The smallest absolute Gasteiger partial charge is 0.191 e. The van der Waals surface area contributed by atoms with Crippen molar-refractivity contribution in [2.45, 2.75) is 25.8 Å². The largest absolute Gasteiger partial charge is 0.370 e. The molecule has 0 bridgehead atoms. The average Bonchev–Trinajstić information content (AvgIpc) is 2.40. The van der Waals surface area contributed by atoms with Gasteiger partial charge in [-0.1, -0.05) is 15.9 Å². The highest BCUT2D eigenvalue weighted by Gasteiger charge is 2.12. The molecule has 0 saturated carbocycles. The summed E-state index contributed by atoms with van der Waals surface area (Å²) in [5.41, 5.74) is 6.49. The minimum atomic E-state index is -0.242. The first-order valence-corrected chi connectivity index (χ1v) is 6.95. The van der Waals surface area contributed by atoms with Gasteiger partial charge in [0.25, 0.3) is 0 Å². The molecule has 0 aliphatic carbocycles. The maximum Gasteiger partial charge on any atom is 0.191 e. The van der Waals surface area contributed by atoms with Crippen LogP contribution in [-0.2, 0) is 6.54 Å². The quantitative estimate of drug-likeness (QED) is 0.433. The van der Waals surface area contributed by atoms with Crippen LogP contribution in [0.5, 0.6) is 0 Å². The lowest BCUT2D eigenvalue weighted by Crippen LogP contribution is -2.40. The summed E-state index contributed by atoms with van der Waals surface area (Å²) in [5, 5.41) is 0. The molecule has 2 N–H and O–H groups in total. The fourth-order valence-electron chi connectivity index (χ4n) is 2.05. The van der Waals surface area contributed by atoms with E-state index in [1.54, 1.807) is 12.1 Å². The number of likely N-dealkylation sites (tertiary alicyclic amines) is 1. The van der Waals surface area contributed by atoms with Crippen molar-refractivity contribution in [1.29, 1.82) is 0 Å². The van der Waals surface area contributed by atoms with Crippen LogP contribution in [0.3, 0.4) is 0 Å². The second-order valence-electron chi connectivity index (χ2n) is 4.46. The molecule has 3 nitrogen and oxygen atoms in total. The zero-order chi connectivity index (χ0) is 13.0. The topological polar surface area (TPSA) is 41.6 Å². The van der Waals surface area contributed by atoms with Crippen LogP contribution in [0.25, 0.3) is 0 Å². The van der Waals surface area contributed by atoms with Gasteiger partial charge in [0.05, 0.1) is 6.54 Å². The molecule has 2 rings (SSSR count). The van der Waals surface area contributed by atoms with E-state index < -0.39 is 0 Å². The molecular formula is C13H18BrFIN3. The van der Waals surface area contributed by atoms with Crippen LogP contribution in [0.4, 0.5) is 4.39 Å². The number of guanidine groups is 1. The van der Waals surface area contributed by atoms with Crippen molar-refractivity contribution in [1.82, 2.24) is 4.90 Å². The van der Waals surface area contributed by atoms with Gasteiger partial charge in [0, 0.05) is 23.1 Å². The third kappa shape index (κ3) is 4.91. The zero-order valence-corrected chi connectivity index (χ0v) is 14.5. The average molecular weight is 442 g/mol. The highest BCUT2D eigenvalue weighted by atomic mass is 127. The van der Waals surface area contributed by atoms with Gasteiger partial charge in [-0.2, -0.15) is 0 Å². The van der Waals surface area contributed by atoms with Crippen molar-refractivity contribution in [3.05, 3.63) is 34.1 Å². The standard InChI is InChI=1S/C13H17BrFN3.HI/c14-11-4-5-12(15)10(8-11)9-17-13(16)18-6-2-1-3-7-18;/h4-5,8H,1-3,6-7,9H2,(H2,16,17);1H. The lowest BCUT2D eigenvalue weighted by atomic mass is 10.1. The number of hydrogen-bond donors (Lipinski definition) is 1. The molecule has 0 unspecified atom stereocenters. The summed E-state index contributed by atoms with van der Waals surface area (Å²) in [7, 11) is 0. The minimum absolute atomic E-state index is 0. The number of benzene rings is 1. The Morgan fingerprint density at radius 3 is 2.68 bits per heavy atom. The summed E-state index contributed by atoms with van der Waals surface area (Å²) in [6, 6.07) is 4.85. The van der Waals surface area contributed by atoms with Crippen molar-refractivity contribution in [3.8, 4) is 0 Å². The van der Waals surface area contributed by atoms with Crippen molar-refractivity contribution in [3.63, 3.8) is 0 Å². The van der Waals surface area contributed by atoms with Crippen molar-refractivity contribution < 1.29 is 4.39 Å². The maximum atomic E-state index is 13.5. The summed E-state index contributed by atoms with van der Waals surface area (Å²) in [6.07, 6.45) is 3.56. The van der Waals surface area contributed by atoms with E-state index in [0.717, 1.165) is 30.4 Å². The Kier molecular flexibility index (Phi) is 7.06. The molecule has 0 amide bonds. The van der Waals surface area contributed by atoms with Crippen LogP contribution >= 0.6 is 39.9 Å². The van der Waals surface area contributed by atoms with Gasteiger partial charge < -0.3 is 10.6 Å². The Hall–Kier alpha value is -0.370. The first kappa shape index (κ1) is 16.7. The Morgan fingerprint density at radius 1 is 1.32 bits per heavy atom. The van der Waals surface area contributed by atoms with Gasteiger partial charge in [0.2, 0.25) is 0 Å².